The van der Waals surface area contributed by atoms with Crippen LogP contribution in [0.1, 0.15) is 46.9 Å². The molecule has 1 N–H and O–H groups in total. The van der Waals surface area contributed by atoms with Crippen LogP contribution in [0.5, 0.6) is 0 Å². The number of amides is 2. The maximum absolute atomic E-state index is 12.8. The van der Waals surface area contributed by atoms with Crippen LogP contribution in [0.4, 0.5) is 0 Å². The number of hydrogen-bond acceptors (Lipinski definition) is 5. The molecule has 2 amide bonds. The van der Waals surface area contributed by atoms with Gasteiger partial charge < -0.3 is 5.32 Å². The van der Waals surface area contributed by atoms with E-state index >= 15 is 0 Å². The zero-order valence-corrected chi connectivity index (χ0v) is 15.8. The summed E-state index contributed by atoms with van der Waals surface area (Å²) in [4.78, 5) is 25.8. The summed E-state index contributed by atoms with van der Waals surface area (Å²) >= 11 is 0. The standard InChI is InChI=1S/C18H25N3O4S/c1-2-10-21(14-8-9-19-13-14)26(24,25)12-5-11-20-17(22)15-6-3-4-7-16(15)18(20)23/h3-4,6-7,14,19H,2,5,8-13H2,1H3. The van der Waals surface area contributed by atoms with E-state index in [0.717, 1.165) is 24.3 Å². The smallest absolute Gasteiger partial charge is 0.261 e. The molecular formula is C18H25N3O4S. The van der Waals surface area contributed by atoms with Crippen molar-refractivity contribution in [3.63, 3.8) is 0 Å². The predicted octanol–water partition coefficient (Wildman–Crippen LogP) is 1.08. The van der Waals surface area contributed by atoms with Crippen LogP contribution in [0.3, 0.4) is 0 Å². The molecule has 1 aromatic carbocycles. The fourth-order valence-corrected chi connectivity index (χ4v) is 5.44. The number of carbonyl (C=O) groups is 2. The lowest BCUT2D eigenvalue weighted by Gasteiger charge is -2.27. The van der Waals surface area contributed by atoms with Gasteiger partial charge in [0.25, 0.3) is 11.8 Å². The third-order valence-electron chi connectivity index (χ3n) is 4.91. The molecule has 2 heterocycles. The minimum absolute atomic E-state index is 0.000690. The van der Waals surface area contributed by atoms with Crippen molar-refractivity contribution in [1.29, 1.82) is 0 Å². The van der Waals surface area contributed by atoms with Crippen molar-refractivity contribution in [2.24, 2.45) is 0 Å². The average Bonchev–Trinajstić information content (AvgIpc) is 3.23. The maximum Gasteiger partial charge on any atom is 0.261 e. The highest BCUT2D eigenvalue weighted by molar-refractivity contribution is 7.89. The lowest BCUT2D eigenvalue weighted by atomic mass is 10.1. The second-order valence-electron chi connectivity index (χ2n) is 6.73. The molecule has 7 nitrogen and oxygen atoms in total. The Bertz CT molecular complexity index is 752. The van der Waals surface area contributed by atoms with Crippen LogP contribution in [-0.4, -0.2) is 67.4 Å². The number of hydrogen-bond donors (Lipinski definition) is 1. The summed E-state index contributed by atoms with van der Waals surface area (Å²) in [6.07, 6.45) is 1.82. The Morgan fingerprint density at radius 3 is 2.38 bits per heavy atom. The predicted molar refractivity (Wildman–Crippen MR) is 98.5 cm³/mol. The normalized spacial score (nSPS) is 20.2. The summed E-state index contributed by atoms with van der Waals surface area (Å²) in [6, 6.07) is 6.69. The van der Waals surface area contributed by atoms with Crippen molar-refractivity contribution in [3.05, 3.63) is 35.4 Å². The van der Waals surface area contributed by atoms with Crippen molar-refractivity contribution in [2.75, 3.05) is 31.9 Å². The van der Waals surface area contributed by atoms with E-state index in [4.69, 9.17) is 0 Å². The lowest BCUT2D eigenvalue weighted by molar-refractivity contribution is 0.0654. The molecule has 26 heavy (non-hydrogen) atoms. The number of fused-ring (bicyclic) bond motifs is 1. The molecule has 1 fully saturated rings. The Morgan fingerprint density at radius 2 is 1.85 bits per heavy atom. The number of nitrogens with one attached hydrogen (secondary N) is 1. The van der Waals surface area contributed by atoms with E-state index in [9.17, 15) is 18.0 Å². The van der Waals surface area contributed by atoms with E-state index in [-0.39, 0.29) is 36.6 Å². The topological polar surface area (TPSA) is 86.8 Å². The third-order valence-corrected chi connectivity index (χ3v) is 6.90. The molecule has 1 aromatic rings. The summed E-state index contributed by atoms with van der Waals surface area (Å²) in [5, 5.41) is 3.20. The Morgan fingerprint density at radius 1 is 1.19 bits per heavy atom. The van der Waals surface area contributed by atoms with Gasteiger partial charge in [-0.1, -0.05) is 19.1 Å². The summed E-state index contributed by atoms with van der Waals surface area (Å²) in [5.41, 5.74) is 0.787. The highest BCUT2D eigenvalue weighted by Crippen LogP contribution is 2.23. The van der Waals surface area contributed by atoms with Crippen molar-refractivity contribution >= 4 is 21.8 Å². The van der Waals surface area contributed by atoms with E-state index in [2.05, 4.69) is 5.32 Å². The van der Waals surface area contributed by atoms with Gasteiger partial charge in [-0.25, -0.2) is 8.42 Å². The van der Waals surface area contributed by atoms with Gasteiger partial charge in [-0.05, 0) is 37.9 Å². The summed E-state index contributed by atoms with van der Waals surface area (Å²) in [7, 11) is -3.42. The number of sulfonamides is 1. The van der Waals surface area contributed by atoms with E-state index in [1.165, 1.54) is 0 Å². The Balaban J connectivity index is 1.62. The van der Waals surface area contributed by atoms with Crippen molar-refractivity contribution in [2.45, 2.75) is 32.2 Å². The molecule has 1 saturated heterocycles. The number of rotatable bonds is 8. The van der Waals surface area contributed by atoms with Gasteiger partial charge >= 0.3 is 0 Å². The van der Waals surface area contributed by atoms with Crippen molar-refractivity contribution in [1.82, 2.24) is 14.5 Å². The first kappa shape index (κ1) is 19.0. The minimum Gasteiger partial charge on any atom is -0.315 e. The molecule has 0 bridgehead atoms. The quantitative estimate of drug-likeness (QED) is 0.683. The lowest BCUT2D eigenvalue weighted by Crippen LogP contribution is -2.43. The Hall–Kier alpha value is -1.77. The van der Waals surface area contributed by atoms with E-state index < -0.39 is 10.0 Å². The molecule has 0 spiro atoms. The van der Waals surface area contributed by atoms with E-state index in [0.29, 0.717) is 24.2 Å². The molecule has 3 rings (SSSR count). The highest BCUT2D eigenvalue weighted by Gasteiger charge is 2.36. The fraction of sp³-hybridized carbons (Fsp3) is 0.556. The fourth-order valence-electron chi connectivity index (χ4n) is 3.62. The number of nitrogens with zero attached hydrogens (tertiary/aromatic N) is 2. The monoisotopic (exact) mass is 379 g/mol. The maximum atomic E-state index is 12.8. The van der Waals surface area contributed by atoms with Gasteiger partial charge in [0.05, 0.1) is 16.9 Å². The molecule has 0 radical (unpaired) electrons. The third kappa shape index (κ3) is 3.67. The van der Waals surface area contributed by atoms with Crippen LogP contribution in [0.2, 0.25) is 0 Å². The molecule has 2 aliphatic heterocycles. The van der Waals surface area contributed by atoms with Crippen molar-refractivity contribution in [3.8, 4) is 0 Å². The second kappa shape index (κ2) is 7.85. The molecule has 1 atom stereocenters. The molecular weight excluding hydrogens is 354 g/mol. The number of benzene rings is 1. The molecule has 142 valence electrons. The number of imide groups is 1. The van der Waals surface area contributed by atoms with Crippen LogP contribution in [0.15, 0.2) is 24.3 Å². The molecule has 0 aromatic heterocycles. The first-order valence-corrected chi connectivity index (χ1v) is 10.7. The van der Waals surface area contributed by atoms with Crippen LogP contribution in [-0.2, 0) is 10.0 Å². The average molecular weight is 379 g/mol. The van der Waals surface area contributed by atoms with Gasteiger partial charge in [0.2, 0.25) is 10.0 Å². The van der Waals surface area contributed by atoms with Gasteiger partial charge in [-0.15, -0.1) is 0 Å². The first-order valence-electron chi connectivity index (χ1n) is 9.11. The van der Waals surface area contributed by atoms with Gasteiger partial charge in [0.1, 0.15) is 0 Å². The molecule has 0 saturated carbocycles. The highest BCUT2D eigenvalue weighted by atomic mass is 32.2. The second-order valence-corrected chi connectivity index (χ2v) is 8.78. The van der Waals surface area contributed by atoms with Crippen molar-refractivity contribution < 1.29 is 18.0 Å². The van der Waals surface area contributed by atoms with E-state index in [1.54, 1.807) is 28.6 Å². The van der Waals surface area contributed by atoms with Crippen LogP contribution < -0.4 is 5.32 Å². The molecule has 1 unspecified atom stereocenters. The van der Waals surface area contributed by atoms with Crippen LogP contribution >= 0.6 is 0 Å². The van der Waals surface area contributed by atoms with E-state index in [1.807, 2.05) is 6.92 Å². The van der Waals surface area contributed by atoms with Crippen LogP contribution in [0, 0.1) is 0 Å². The zero-order chi connectivity index (χ0) is 18.7. The SMILES string of the molecule is CCCN(C1CCNC1)S(=O)(=O)CCCN1C(=O)c2ccccc2C1=O. The molecule has 2 aliphatic rings. The summed E-state index contributed by atoms with van der Waals surface area (Å²) < 4.78 is 27.1. The summed E-state index contributed by atoms with van der Waals surface area (Å²) in [6.45, 7) is 4.09. The largest absolute Gasteiger partial charge is 0.315 e. The zero-order valence-electron chi connectivity index (χ0n) is 15.0. The molecule has 0 aliphatic carbocycles. The minimum atomic E-state index is -3.42. The Labute approximate surface area is 154 Å². The first-order chi connectivity index (χ1) is 12.5. The Kier molecular flexibility index (Phi) is 5.74. The molecule has 8 heteroatoms. The summed E-state index contributed by atoms with van der Waals surface area (Å²) in [5.74, 6) is -0.738. The van der Waals surface area contributed by atoms with Crippen LogP contribution in [0.25, 0.3) is 0 Å². The van der Waals surface area contributed by atoms with Gasteiger partial charge in [0, 0.05) is 25.7 Å². The number of carbonyl (C=O) groups excluding carboxylic acids is 2. The van der Waals surface area contributed by atoms with Gasteiger partial charge in [-0.2, -0.15) is 4.31 Å². The van der Waals surface area contributed by atoms with Gasteiger partial charge in [-0.3, -0.25) is 14.5 Å². The van der Waals surface area contributed by atoms with Gasteiger partial charge in [0.15, 0.2) is 0 Å².